The Bertz CT molecular complexity index is 550. The van der Waals surface area contributed by atoms with Crippen LogP contribution >= 0.6 is 35.5 Å². The van der Waals surface area contributed by atoms with Crippen molar-refractivity contribution in [3.05, 3.63) is 35.9 Å². The van der Waals surface area contributed by atoms with E-state index in [0.717, 1.165) is 10.1 Å². The van der Waals surface area contributed by atoms with Crippen LogP contribution in [0.5, 0.6) is 0 Å². The Morgan fingerprint density at radius 2 is 2.05 bits per heavy atom. The first-order chi connectivity index (χ1) is 9.78. The van der Waals surface area contributed by atoms with Crippen LogP contribution in [0, 0.1) is 0 Å². The molecule has 0 atom stereocenters. The zero-order valence-corrected chi connectivity index (χ0v) is 13.8. The van der Waals surface area contributed by atoms with Crippen molar-refractivity contribution in [3.8, 4) is 0 Å². The first kappa shape index (κ1) is 17.9. The van der Waals surface area contributed by atoms with Gasteiger partial charge in [0.2, 0.25) is 11.0 Å². The van der Waals surface area contributed by atoms with Crippen molar-refractivity contribution in [2.24, 2.45) is 5.73 Å². The van der Waals surface area contributed by atoms with Crippen molar-refractivity contribution in [1.82, 2.24) is 10.2 Å². The van der Waals surface area contributed by atoms with E-state index in [2.05, 4.69) is 27.6 Å². The maximum absolute atomic E-state index is 11.5. The first-order valence-corrected chi connectivity index (χ1v) is 8.08. The van der Waals surface area contributed by atoms with Crippen molar-refractivity contribution in [2.75, 3.05) is 11.9 Å². The molecule has 0 fully saturated rings. The third-order valence-corrected chi connectivity index (χ3v) is 4.51. The Morgan fingerprint density at radius 1 is 1.29 bits per heavy atom. The molecule has 2 rings (SSSR count). The van der Waals surface area contributed by atoms with E-state index in [9.17, 15) is 4.79 Å². The monoisotopic (exact) mass is 344 g/mol. The summed E-state index contributed by atoms with van der Waals surface area (Å²) in [5.74, 6) is 0.780. The number of carbonyl (C=O) groups is 1. The SMILES string of the molecule is Cl.NCCCC(=O)Nc1nnc(SCc2ccccc2)s1. The van der Waals surface area contributed by atoms with Gasteiger partial charge in [0, 0.05) is 12.2 Å². The van der Waals surface area contributed by atoms with Crippen LogP contribution in [-0.2, 0) is 10.5 Å². The second-order valence-electron chi connectivity index (χ2n) is 4.09. The molecule has 0 radical (unpaired) electrons. The number of hydrogen-bond acceptors (Lipinski definition) is 6. The Labute approximate surface area is 138 Å². The number of halogens is 1. The lowest BCUT2D eigenvalue weighted by Gasteiger charge is -1.98. The fourth-order valence-electron chi connectivity index (χ4n) is 1.48. The minimum Gasteiger partial charge on any atom is -0.330 e. The Morgan fingerprint density at radius 3 is 2.76 bits per heavy atom. The van der Waals surface area contributed by atoms with Gasteiger partial charge in [0.1, 0.15) is 0 Å². The molecule has 8 heteroatoms. The molecule has 114 valence electrons. The summed E-state index contributed by atoms with van der Waals surface area (Å²) in [6.45, 7) is 0.516. The van der Waals surface area contributed by atoms with Gasteiger partial charge in [-0.2, -0.15) is 0 Å². The van der Waals surface area contributed by atoms with Crippen LogP contribution in [0.3, 0.4) is 0 Å². The minimum absolute atomic E-state index is 0. The highest BCUT2D eigenvalue weighted by Gasteiger charge is 2.08. The Kier molecular flexibility index (Phi) is 8.29. The van der Waals surface area contributed by atoms with Crippen molar-refractivity contribution in [2.45, 2.75) is 22.9 Å². The molecule has 0 bridgehead atoms. The van der Waals surface area contributed by atoms with E-state index in [1.54, 1.807) is 11.8 Å². The van der Waals surface area contributed by atoms with E-state index in [0.29, 0.717) is 24.5 Å². The fraction of sp³-hybridized carbons (Fsp3) is 0.308. The summed E-state index contributed by atoms with van der Waals surface area (Å²) in [6.07, 6.45) is 1.10. The molecular weight excluding hydrogens is 328 g/mol. The number of nitrogens with one attached hydrogen (secondary N) is 1. The highest BCUT2D eigenvalue weighted by atomic mass is 35.5. The van der Waals surface area contributed by atoms with E-state index in [4.69, 9.17) is 5.73 Å². The van der Waals surface area contributed by atoms with Crippen LogP contribution in [-0.4, -0.2) is 22.6 Å². The third-order valence-electron chi connectivity index (χ3n) is 2.47. The normalized spacial score (nSPS) is 9.95. The van der Waals surface area contributed by atoms with Crippen molar-refractivity contribution >= 4 is 46.5 Å². The molecule has 0 spiro atoms. The number of anilines is 1. The highest BCUT2D eigenvalue weighted by molar-refractivity contribution is 8.00. The molecule has 1 amide bonds. The maximum Gasteiger partial charge on any atom is 0.226 e. The van der Waals surface area contributed by atoms with Gasteiger partial charge in [-0.1, -0.05) is 53.4 Å². The van der Waals surface area contributed by atoms with Crippen molar-refractivity contribution in [1.29, 1.82) is 0 Å². The largest absolute Gasteiger partial charge is 0.330 e. The van der Waals surface area contributed by atoms with Crippen molar-refractivity contribution < 1.29 is 4.79 Å². The Hall–Kier alpha value is -1.15. The second-order valence-corrected chi connectivity index (χ2v) is 6.29. The highest BCUT2D eigenvalue weighted by Crippen LogP contribution is 2.28. The average molecular weight is 345 g/mol. The summed E-state index contributed by atoms with van der Waals surface area (Å²) in [5.41, 5.74) is 6.60. The van der Waals surface area contributed by atoms with Gasteiger partial charge in [-0.25, -0.2) is 0 Å². The number of benzene rings is 1. The first-order valence-electron chi connectivity index (χ1n) is 6.28. The molecule has 0 aliphatic heterocycles. The number of nitrogens with two attached hydrogens (primary N) is 1. The van der Waals surface area contributed by atoms with Crippen LogP contribution in [0.1, 0.15) is 18.4 Å². The summed E-state index contributed by atoms with van der Waals surface area (Å²) in [4.78, 5) is 11.5. The lowest BCUT2D eigenvalue weighted by Crippen LogP contribution is -2.13. The molecule has 5 nitrogen and oxygen atoms in total. The van der Waals surface area contributed by atoms with E-state index in [1.807, 2.05) is 18.2 Å². The molecule has 0 unspecified atom stereocenters. The van der Waals surface area contributed by atoms with Gasteiger partial charge in [0.25, 0.3) is 0 Å². The van der Waals surface area contributed by atoms with Crippen LogP contribution in [0.25, 0.3) is 0 Å². The molecule has 2 aromatic rings. The van der Waals surface area contributed by atoms with Crippen LogP contribution < -0.4 is 11.1 Å². The average Bonchev–Trinajstić information content (AvgIpc) is 2.91. The minimum atomic E-state index is -0.0637. The third kappa shape index (κ3) is 6.43. The van der Waals surface area contributed by atoms with Gasteiger partial charge >= 0.3 is 0 Å². The van der Waals surface area contributed by atoms with Gasteiger partial charge in [-0.15, -0.1) is 22.6 Å². The summed E-state index contributed by atoms with van der Waals surface area (Å²) < 4.78 is 0.850. The summed E-state index contributed by atoms with van der Waals surface area (Å²) >= 11 is 3.00. The van der Waals surface area contributed by atoms with E-state index < -0.39 is 0 Å². The Balaban J connectivity index is 0.00000220. The van der Waals surface area contributed by atoms with Gasteiger partial charge in [0.05, 0.1) is 0 Å². The van der Waals surface area contributed by atoms with E-state index in [1.165, 1.54) is 16.9 Å². The number of hydrogen-bond donors (Lipinski definition) is 2. The molecule has 0 aliphatic carbocycles. The quantitative estimate of drug-likeness (QED) is 0.596. The lowest BCUT2D eigenvalue weighted by molar-refractivity contribution is -0.116. The van der Waals surface area contributed by atoms with Gasteiger partial charge in [0.15, 0.2) is 4.34 Å². The van der Waals surface area contributed by atoms with Gasteiger partial charge < -0.3 is 11.1 Å². The maximum atomic E-state index is 11.5. The van der Waals surface area contributed by atoms with E-state index >= 15 is 0 Å². The van der Waals surface area contributed by atoms with Crippen LogP contribution in [0.4, 0.5) is 5.13 Å². The number of thioether (sulfide) groups is 1. The number of nitrogens with zero attached hydrogens (tertiary/aromatic N) is 2. The molecule has 0 aliphatic rings. The molecule has 1 aromatic heterocycles. The molecule has 0 saturated carbocycles. The van der Waals surface area contributed by atoms with E-state index in [-0.39, 0.29) is 18.3 Å². The predicted molar refractivity (Wildman–Crippen MR) is 90.1 cm³/mol. The zero-order valence-electron chi connectivity index (χ0n) is 11.3. The number of rotatable bonds is 7. The molecule has 21 heavy (non-hydrogen) atoms. The zero-order chi connectivity index (χ0) is 14.2. The number of aromatic nitrogens is 2. The summed E-state index contributed by atoms with van der Waals surface area (Å²) in [6, 6.07) is 10.2. The van der Waals surface area contributed by atoms with Gasteiger partial charge in [-0.05, 0) is 18.5 Å². The molecule has 0 saturated heterocycles. The van der Waals surface area contributed by atoms with Gasteiger partial charge in [-0.3, -0.25) is 4.79 Å². The summed E-state index contributed by atoms with van der Waals surface area (Å²) in [5, 5.41) is 11.3. The number of carbonyl (C=O) groups excluding carboxylic acids is 1. The predicted octanol–water partition coefficient (Wildman–Crippen LogP) is 2.93. The second kappa shape index (κ2) is 9.73. The molecule has 1 aromatic carbocycles. The molecule has 3 N–H and O–H groups in total. The van der Waals surface area contributed by atoms with Crippen molar-refractivity contribution in [3.63, 3.8) is 0 Å². The smallest absolute Gasteiger partial charge is 0.226 e. The number of amides is 1. The van der Waals surface area contributed by atoms with Crippen LogP contribution in [0.2, 0.25) is 0 Å². The standard InChI is InChI=1S/C13H16N4OS2.ClH/c14-8-4-7-11(18)15-12-16-17-13(20-12)19-9-10-5-2-1-3-6-10;/h1-3,5-6H,4,7-9,14H2,(H,15,16,18);1H. The van der Waals surface area contributed by atoms with Crippen LogP contribution in [0.15, 0.2) is 34.7 Å². The fourth-order valence-corrected chi connectivity index (χ4v) is 3.21. The lowest BCUT2D eigenvalue weighted by atomic mass is 10.2. The topological polar surface area (TPSA) is 80.9 Å². The molecule has 1 heterocycles. The molecular formula is C13H17ClN4OS2. The summed E-state index contributed by atoms with van der Waals surface area (Å²) in [7, 11) is 0.